The van der Waals surface area contributed by atoms with E-state index in [1.807, 2.05) is 35.2 Å². The summed E-state index contributed by atoms with van der Waals surface area (Å²) in [5.74, 6) is -0.874. The second-order valence-electron chi connectivity index (χ2n) is 8.11. The van der Waals surface area contributed by atoms with Crippen LogP contribution in [0.4, 0.5) is 13.2 Å². The second kappa shape index (κ2) is 13.8. The summed E-state index contributed by atoms with van der Waals surface area (Å²) >= 11 is 0. The highest BCUT2D eigenvalue weighted by Gasteiger charge is 2.32. The molecule has 1 atom stereocenters. The summed E-state index contributed by atoms with van der Waals surface area (Å²) in [4.78, 5) is 14.9. The lowest BCUT2D eigenvalue weighted by atomic mass is 9.95. The fraction of sp³-hybridized carbons (Fsp3) is 0.409. The van der Waals surface area contributed by atoms with E-state index in [-0.39, 0.29) is 12.6 Å². The first-order valence-electron chi connectivity index (χ1n) is 10.6. The number of halogens is 3. The summed E-state index contributed by atoms with van der Waals surface area (Å²) in [5.41, 5.74) is 0.844. The number of rotatable bonds is 5. The number of carboxylic acids is 1. The first-order valence-corrected chi connectivity index (χ1v) is 14.3. The lowest BCUT2D eigenvalue weighted by molar-refractivity contribution is -0.139. The summed E-state index contributed by atoms with van der Waals surface area (Å²) in [6.45, 7) is 2.28. The van der Waals surface area contributed by atoms with Gasteiger partial charge >= 0.3 is 12.1 Å². The molecule has 2 aromatic carbocycles. The number of carboxylic acid groups (broad SMARTS) is 1. The molecule has 3 rings (SSSR count). The molecule has 0 amide bonds. The standard InChI is InChI=1S/C20H21F3N2O2.2CH4O3S/c21-20(22,23)17-8-4-7-16(13-17)19(15-5-2-1-3-6-15)25-11-9-24(10-12-25)14-18(26)27;2*1-5(2,3)4/h1-8,13,19H,9-12,14H2,(H,26,27);2*1H3,(H,2,3,4)/t19-;;/m1../s1. The van der Waals surface area contributed by atoms with E-state index in [1.54, 1.807) is 6.07 Å². The Morgan fingerprint density at radius 1 is 0.865 bits per heavy atom. The van der Waals surface area contributed by atoms with Crippen LogP contribution in [0.5, 0.6) is 0 Å². The van der Waals surface area contributed by atoms with Crippen molar-refractivity contribution in [3.63, 3.8) is 0 Å². The lowest BCUT2D eigenvalue weighted by Gasteiger charge is -2.39. The fourth-order valence-electron chi connectivity index (χ4n) is 3.51. The van der Waals surface area contributed by atoms with Crippen LogP contribution in [0.3, 0.4) is 0 Å². The van der Waals surface area contributed by atoms with Crippen molar-refractivity contribution in [2.75, 3.05) is 45.2 Å². The number of piperazine rings is 1. The van der Waals surface area contributed by atoms with E-state index in [9.17, 15) is 34.8 Å². The third kappa shape index (κ3) is 14.7. The van der Waals surface area contributed by atoms with Gasteiger partial charge < -0.3 is 5.11 Å². The maximum absolute atomic E-state index is 13.2. The minimum Gasteiger partial charge on any atom is -0.480 e. The van der Waals surface area contributed by atoms with Gasteiger partial charge in [-0.1, -0.05) is 42.5 Å². The van der Waals surface area contributed by atoms with Gasteiger partial charge in [0.15, 0.2) is 0 Å². The Morgan fingerprint density at radius 2 is 1.32 bits per heavy atom. The zero-order valence-corrected chi connectivity index (χ0v) is 21.7. The van der Waals surface area contributed by atoms with Crippen molar-refractivity contribution in [1.82, 2.24) is 9.80 Å². The highest BCUT2D eigenvalue weighted by atomic mass is 32.2. The Bertz CT molecular complexity index is 1170. The number of nitrogens with zero attached hydrogens (tertiary/aromatic N) is 2. The van der Waals surface area contributed by atoms with Crippen LogP contribution in [0.15, 0.2) is 54.6 Å². The molecule has 2 aromatic rings. The van der Waals surface area contributed by atoms with Gasteiger partial charge in [0.05, 0.1) is 30.7 Å². The number of carbonyl (C=O) groups is 1. The molecule has 0 aliphatic carbocycles. The average molecular weight is 571 g/mol. The molecule has 0 aromatic heterocycles. The van der Waals surface area contributed by atoms with Crippen LogP contribution < -0.4 is 0 Å². The van der Waals surface area contributed by atoms with Crippen molar-refractivity contribution in [3.05, 3.63) is 71.3 Å². The zero-order chi connectivity index (χ0) is 28.4. The second-order valence-corrected chi connectivity index (χ2v) is 11.0. The first kappa shape index (κ1) is 32.5. The number of benzene rings is 2. The molecular formula is C22H29F3N2O8S2. The number of alkyl halides is 3. The van der Waals surface area contributed by atoms with E-state index in [2.05, 4.69) is 4.90 Å². The van der Waals surface area contributed by atoms with Gasteiger partial charge in [0, 0.05) is 26.2 Å². The highest BCUT2D eigenvalue weighted by Crippen LogP contribution is 2.34. The van der Waals surface area contributed by atoms with Crippen LogP contribution in [0.1, 0.15) is 22.7 Å². The Hall–Kier alpha value is -2.56. The van der Waals surface area contributed by atoms with Crippen LogP contribution in [-0.4, -0.2) is 92.1 Å². The van der Waals surface area contributed by atoms with Gasteiger partial charge in [0.25, 0.3) is 20.2 Å². The molecule has 208 valence electrons. The average Bonchev–Trinajstić information content (AvgIpc) is 2.73. The summed E-state index contributed by atoms with van der Waals surface area (Å²) in [6, 6.07) is 14.6. The predicted octanol–water partition coefficient (Wildman–Crippen LogP) is 2.51. The lowest BCUT2D eigenvalue weighted by Crippen LogP contribution is -2.49. The third-order valence-corrected chi connectivity index (χ3v) is 4.78. The highest BCUT2D eigenvalue weighted by molar-refractivity contribution is 7.85. The molecular weight excluding hydrogens is 541 g/mol. The largest absolute Gasteiger partial charge is 0.480 e. The molecule has 15 heteroatoms. The molecule has 10 nitrogen and oxygen atoms in total. The van der Waals surface area contributed by atoms with E-state index in [0.29, 0.717) is 44.3 Å². The van der Waals surface area contributed by atoms with Gasteiger partial charge in [-0.25, -0.2) is 0 Å². The molecule has 0 bridgehead atoms. The molecule has 0 radical (unpaired) electrons. The molecule has 1 aliphatic rings. The smallest absolute Gasteiger partial charge is 0.416 e. The minimum atomic E-state index is -4.39. The summed E-state index contributed by atoms with van der Waals surface area (Å²) < 4.78 is 91.3. The predicted molar refractivity (Wildman–Crippen MR) is 130 cm³/mol. The SMILES string of the molecule is CS(=O)(=O)O.CS(=O)(=O)O.O=C(O)CN1CCN([C@H](c2ccccc2)c2cccc(C(F)(F)F)c2)CC1. The Morgan fingerprint density at radius 3 is 1.76 bits per heavy atom. The van der Waals surface area contributed by atoms with Crippen LogP contribution in [0.25, 0.3) is 0 Å². The van der Waals surface area contributed by atoms with Crippen LogP contribution >= 0.6 is 0 Å². The van der Waals surface area contributed by atoms with Gasteiger partial charge in [0.1, 0.15) is 0 Å². The zero-order valence-electron chi connectivity index (χ0n) is 20.0. The fourth-order valence-corrected chi connectivity index (χ4v) is 3.51. The topological polar surface area (TPSA) is 153 Å². The maximum Gasteiger partial charge on any atom is 0.416 e. The summed E-state index contributed by atoms with van der Waals surface area (Å²) in [7, 11) is -7.33. The van der Waals surface area contributed by atoms with Gasteiger partial charge in [-0.2, -0.15) is 30.0 Å². The summed E-state index contributed by atoms with van der Waals surface area (Å²) in [6.07, 6.45) is -2.96. The normalized spacial score (nSPS) is 16.0. The molecule has 1 fully saturated rings. The number of hydrogen-bond donors (Lipinski definition) is 3. The van der Waals surface area contributed by atoms with Crippen molar-refractivity contribution in [1.29, 1.82) is 0 Å². The Balaban J connectivity index is 0.000000583. The van der Waals surface area contributed by atoms with Gasteiger partial charge in [0.2, 0.25) is 0 Å². The quantitative estimate of drug-likeness (QED) is 0.457. The van der Waals surface area contributed by atoms with Crippen LogP contribution in [-0.2, 0) is 31.2 Å². The maximum atomic E-state index is 13.2. The van der Waals surface area contributed by atoms with Crippen LogP contribution in [0, 0.1) is 0 Å². The first-order chi connectivity index (χ1) is 16.8. The Labute approximate surface area is 213 Å². The monoisotopic (exact) mass is 570 g/mol. The summed E-state index contributed by atoms with van der Waals surface area (Å²) in [5, 5.41) is 8.94. The van der Waals surface area contributed by atoms with Crippen molar-refractivity contribution in [2.24, 2.45) is 0 Å². The third-order valence-electron chi connectivity index (χ3n) is 4.78. The van der Waals surface area contributed by atoms with E-state index >= 15 is 0 Å². The van der Waals surface area contributed by atoms with E-state index in [0.717, 1.165) is 11.6 Å². The van der Waals surface area contributed by atoms with Crippen molar-refractivity contribution in [3.8, 4) is 0 Å². The number of hydrogen-bond acceptors (Lipinski definition) is 7. The number of aliphatic carboxylic acids is 1. The van der Waals surface area contributed by atoms with Crippen molar-refractivity contribution < 1.29 is 49.0 Å². The van der Waals surface area contributed by atoms with E-state index in [4.69, 9.17) is 14.2 Å². The van der Waals surface area contributed by atoms with E-state index < -0.39 is 37.9 Å². The van der Waals surface area contributed by atoms with Crippen molar-refractivity contribution >= 4 is 26.2 Å². The van der Waals surface area contributed by atoms with Gasteiger partial charge in [-0.05, 0) is 23.3 Å². The van der Waals surface area contributed by atoms with E-state index in [1.165, 1.54) is 12.1 Å². The van der Waals surface area contributed by atoms with Gasteiger partial charge in [-0.3, -0.25) is 23.7 Å². The molecule has 1 aliphatic heterocycles. The van der Waals surface area contributed by atoms with Crippen molar-refractivity contribution in [2.45, 2.75) is 12.2 Å². The van der Waals surface area contributed by atoms with Gasteiger partial charge in [-0.15, -0.1) is 0 Å². The molecule has 0 saturated carbocycles. The Kier molecular flexibility index (Phi) is 12.1. The van der Waals surface area contributed by atoms with Crippen LogP contribution in [0.2, 0.25) is 0 Å². The molecule has 37 heavy (non-hydrogen) atoms. The molecule has 1 saturated heterocycles. The molecule has 0 spiro atoms. The minimum absolute atomic E-state index is 0.0204. The molecule has 3 N–H and O–H groups in total. The molecule has 0 unspecified atom stereocenters. The molecule has 1 heterocycles.